The zero-order chi connectivity index (χ0) is 13.9. The molecule has 0 aliphatic carbocycles. The number of thioether (sulfide) groups is 1. The molecule has 20 heavy (non-hydrogen) atoms. The minimum Gasteiger partial charge on any atom is -0.337 e. The quantitative estimate of drug-likeness (QED) is 0.854. The van der Waals surface area contributed by atoms with Gasteiger partial charge < -0.3 is 4.90 Å². The van der Waals surface area contributed by atoms with Crippen LogP contribution in [0.15, 0.2) is 41.8 Å². The number of amides is 1. The monoisotopic (exact) mass is 303 g/mol. The van der Waals surface area contributed by atoms with Crippen molar-refractivity contribution in [3.05, 3.63) is 47.3 Å². The number of rotatable bonds is 3. The maximum Gasteiger partial charge on any atom is 0.253 e. The van der Waals surface area contributed by atoms with Gasteiger partial charge in [0.15, 0.2) is 0 Å². The van der Waals surface area contributed by atoms with Gasteiger partial charge in [0, 0.05) is 28.8 Å². The lowest BCUT2D eigenvalue weighted by Crippen LogP contribution is -2.28. The Kier molecular flexibility index (Phi) is 4.13. The molecule has 104 valence electrons. The van der Waals surface area contributed by atoms with Crippen LogP contribution in [0.3, 0.4) is 0 Å². The third kappa shape index (κ3) is 2.76. The topological polar surface area (TPSA) is 20.3 Å². The molecule has 1 unspecified atom stereocenters. The summed E-state index contributed by atoms with van der Waals surface area (Å²) in [7, 11) is 0. The van der Waals surface area contributed by atoms with Gasteiger partial charge in [-0.25, -0.2) is 0 Å². The van der Waals surface area contributed by atoms with E-state index in [1.165, 1.54) is 10.4 Å². The highest BCUT2D eigenvalue weighted by Crippen LogP contribution is 2.26. The van der Waals surface area contributed by atoms with E-state index >= 15 is 0 Å². The first-order chi connectivity index (χ1) is 9.78. The molecule has 1 fully saturated rings. The van der Waals surface area contributed by atoms with Crippen molar-refractivity contribution in [2.45, 2.75) is 11.7 Å². The van der Waals surface area contributed by atoms with E-state index in [-0.39, 0.29) is 5.91 Å². The van der Waals surface area contributed by atoms with Gasteiger partial charge in [-0.2, -0.15) is 11.8 Å². The van der Waals surface area contributed by atoms with Crippen LogP contribution in [0.2, 0.25) is 0 Å². The van der Waals surface area contributed by atoms with Crippen LogP contribution in [-0.2, 0) is 0 Å². The number of benzene rings is 1. The van der Waals surface area contributed by atoms with Crippen molar-refractivity contribution in [2.75, 3.05) is 19.3 Å². The summed E-state index contributed by atoms with van der Waals surface area (Å²) in [4.78, 5) is 15.6. The van der Waals surface area contributed by atoms with Crippen molar-refractivity contribution in [1.82, 2.24) is 4.90 Å². The average Bonchev–Trinajstić information content (AvgIpc) is 3.18. The van der Waals surface area contributed by atoms with Crippen LogP contribution in [0.1, 0.15) is 16.8 Å². The van der Waals surface area contributed by atoms with Gasteiger partial charge in [0.05, 0.1) is 0 Å². The summed E-state index contributed by atoms with van der Waals surface area (Å²) in [6.45, 7) is 1.77. The van der Waals surface area contributed by atoms with Crippen LogP contribution >= 0.6 is 23.1 Å². The van der Waals surface area contributed by atoms with Crippen LogP contribution in [0.5, 0.6) is 0 Å². The van der Waals surface area contributed by atoms with E-state index in [4.69, 9.17) is 0 Å². The first kappa shape index (κ1) is 13.7. The largest absolute Gasteiger partial charge is 0.337 e. The van der Waals surface area contributed by atoms with Crippen molar-refractivity contribution < 1.29 is 4.79 Å². The third-order valence-electron chi connectivity index (χ3n) is 3.70. The Morgan fingerprint density at radius 2 is 2.10 bits per heavy atom. The molecule has 0 radical (unpaired) electrons. The minimum absolute atomic E-state index is 0.166. The standard InChI is InChI=1S/C16H17NOS2/c1-19-14-8-9-17(11-14)16(18)13-6-4-12(5-7-13)15-3-2-10-20-15/h2-7,10,14H,8-9,11H2,1H3. The molecule has 1 amide bonds. The van der Waals surface area contributed by atoms with Crippen LogP contribution in [0.4, 0.5) is 0 Å². The first-order valence-corrected chi connectivity index (χ1v) is 8.90. The molecular weight excluding hydrogens is 286 g/mol. The van der Waals surface area contributed by atoms with Gasteiger partial charge in [-0.15, -0.1) is 11.3 Å². The normalized spacial score (nSPS) is 18.4. The molecule has 1 atom stereocenters. The highest BCUT2D eigenvalue weighted by molar-refractivity contribution is 7.99. The third-order valence-corrected chi connectivity index (χ3v) is 5.67. The molecule has 1 saturated heterocycles. The highest BCUT2D eigenvalue weighted by Gasteiger charge is 2.26. The zero-order valence-corrected chi connectivity index (χ0v) is 13.0. The highest BCUT2D eigenvalue weighted by atomic mass is 32.2. The Morgan fingerprint density at radius 1 is 1.30 bits per heavy atom. The van der Waals surface area contributed by atoms with Gasteiger partial charge in [-0.1, -0.05) is 18.2 Å². The maximum atomic E-state index is 12.4. The maximum absolute atomic E-state index is 12.4. The van der Waals surface area contributed by atoms with Gasteiger partial charge in [0.25, 0.3) is 5.91 Å². The summed E-state index contributed by atoms with van der Waals surface area (Å²) < 4.78 is 0. The molecular formula is C16H17NOS2. The Bertz CT molecular complexity index is 577. The molecule has 1 aromatic carbocycles. The lowest BCUT2D eigenvalue weighted by atomic mass is 10.1. The summed E-state index contributed by atoms with van der Waals surface area (Å²) in [6.07, 6.45) is 3.23. The SMILES string of the molecule is CSC1CCN(C(=O)c2ccc(-c3cccs3)cc2)C1. The number of nitrogens with zero attached hydrogens (tertiary/aromatic N) is 1. The minimum atomic E-state index is 0.166. The molecule has 0 saturated carbocycles. The summed E-state index contributed by atoms with van der Waals surface area (Å²) in [5.74, 6) is 0.166. The zero-order valence-electron chi connectivity index (χ0n) is 11.4. The molecule has 3 rings (SSSR count). The summed E-state index contributed by atoms with van der Waals surface area (Å²) >= 11 is 3.58. The molecule has 2 aromatic rings. The van der Waals surface area contributed by atoms with Crippen LogP contribution < -0.4 is 0 Å². The van der Waals surface area contributed by atoms with E-state index in [0.29, 0.717) is 5.25 Å². The van der Waals surface area contributed by atoms with Gasteiger partial charge in [0.1, 0.15) is 0 Å². The number of hydrogen-bond acceptors (Lipinski definition) is 3. The lowest BCUT2D eigenvalue weighted by Gasteiger charge is -2.16. The molecule has 1 aliphatic heterocycles. The fraction of sp³-hybridized carbons (Fsp3) is 0.312. The van der Waals surface area contributed by atoms with Crippen molar-refractivity contribution in [3.63, 3.8) is 0 Å². The smallest absolute Gasteiger partial charge is 0.253 e. The summed E-state index contributed by atoms with van der Waals surface area (Å²) in [5.41, 5.74) is 1.98. The lowest BCUT2D eigenvalue weighted by molar-refractivity contribution is 0.0793. The molecule has 0 spiro atoms. The molecule has 1 aliphatic rings. The van der Waals surface area contributed by atoms with Gasteiger partial charge >= 0.3 is 0 Å². The number of hydrogen-bond donors (Lipinski definition) is 0. The van der Waals surface area contributed by atoms with E-state index in [1.54, 1.807) is 11.3 Å². The fourth-order valence-corrected chi connectivity index (χ4v) is 3.91. The predicted molar refractivity (Wildman–Crippen MR) is 87.6 cm³/mol. The number of carbonyl (C=O) groups excluding carboxylic acids is 1. The predicted octanol–water partition coefficient (Wildman–Crippen LogP) is 3.99. The summed E-state index contributed by atoms with van der Waals surface area (Å²) in [6, 6.07) is 12.1. The van der Waals surface area contributed by atoms with Crippen LogP contribution in [0, 0.1) is 0 Å². The molecule has 2 nitrogen and oxygen atoms in total. The number of likely N-dealkylation sites (tertiary alicyclic amines) is 1. The Hall–Kier alpha value is -1.26. The second-order valence-electron chi connectivity index (χ2n) is 4.95. The van der Waals surface area contributed by atoms with Crippen molar-refractivity contribution in [3.8, 4) is 10.4 Å². The molecule has 4 heteroatoms. The number of thiophene rings is 1. The first-order valence-electron chi connectivity index (χ1n) is 6.74. The van der Waals surface area contributed by atoms with Crippen molar-refractivity contribution in [2.24, 2.45) is 0 Å². The Balaban J connectivity index is 1.73. The Labute approximate surface area is 127 Å². The van der Waals surface area contributed by atoms with Crippen LogP contribution in [-0.4, -0.2) is 35.4 Å². The fourth-order valence-electron chi connectivity index (χ4n) is 2.51. The van der Waals surface area contributed by atoms with E-state index < -0.39 is 0 Å². The van der Waals surface area contributed by atoms with Gasteiger partial charge in [-0.05, 0) is 41.8 Å². The summed E-state index contributed by atoms with van der Waals surface area (Å²) in [5, 5.41) is 2.67. The van der Waals surface area contributed by atoms with Crippen LogP contribution in [0.25, 0.3) is 10.4 Å². The van der Waals surface area contributed by atoms with E-state index in [9.17, 15) is 4.79 Å². The second kappa shape index (κ2) is 6.02. The van der Waals surface area contributed by atoms with Gasteiger partial charge in [-0.3, -0.25) is 4.79 Å². The van der Waals surface area contributed by atoms with Crippen molar-refractivity contribution >= 4 is 29.0 Å². The molecule has 1 aromatic heterocycles. The van der Waals surface area contributed by atoms with E-state index in [2.05, 4.69) is 17.7 Å². The average molecular weight is 303 g/mol. The van der Waals surface area contributed by atoms with E-state index in [1.807, 2.05) is 47.0 Å². The van der Waals surface area contributed by atoms with E-state index in [0.717, 1.165) is 25.1 Å². The Morgan fingerprint density at radius 3 is 2.70 bits per heavy atom. The molecule has 0 bridgehead atoms. The number of carbonyl (C=O) groups is 1. The van der Waals surface area contributed by atoms with Gasteiger partial charge in [0.2, 0.25) is 0 Å². The molecule has 0 N–H and O–H groups in total. The second-order valence-corrected chi connectivity index (χ2v) is 7.04. The van der Waals surface area contributed by atoms with Crippen molar-refractivity contribution in [1.29, 1.82) is 0 Å². The molecule has 2 heterocycles.